The Balaban J connectivity index is 1.46. The normalized spacial score (nSPS) is 22.0. The SMILES string of the molecule is C[C@H]1[C@@H](c2ccccc2)OC(=O)N1C(=O)[C@@H](Cc1ccccc1)[C@@H]1OC(=CCCCCCCCCCO)C=CC1=O. The molecule has 2 aliphatic heterocycles. The summed E-state index contributed by atoms with van der Waals surface area (Å²) in [5.74, 6) is -1.09. The lowest BCUT2D eigenvalue weighted by molar-refractivity contribution is -0.143. The van der Waals surface area contributed by atoms with E-state index in [0.29, 0.717) is 5.76 Å². The molecule has 41 heavy (non-hydrogen) atoms. The molecule has 0 saturated carbocycles. The van der Waals surface area contributed by atoms with Crippen LogP contribution >= 0.6 is 0 Å². The molecule has 0 radical (unpaired) electrons. The highest BCUT2D eigenvalue weighted by molar-refractivity contribution is 6.02. The number of allylic oxidation sites excluding steroid dienone is 2. The van der Waals surface area contributed by atoms with Gasteiger partial charge in [0.2, 0.25) is 5.91 Å². The molecule has 2 aliphatic rings. The Hall–Kier alpha value is -3.71. The van der Waals surface area contributed by atoms with Crippen LogP contribution in [0.25, 0.3) is 0 Å². The highest BCUT2D eigenvalue weighted by Gasteiger charge is 2.48. The number of aliphatic hydroxyl groups excluding tert-OH is 1. The number of hydrogen-bond donors (Lipinski definition) is 1. The van der Waals surface area contributed by atoms with Gasteiger partial charge in [-0.05, 0) is 62.0 Å². The zero-order chi connectivity index (χ0) is 29.0. The molecular weight excluding hydrogens is 518 g/mol. The van der Waals surface area contributed by atoms with E-state index in [9.17, 15) is 14.4 Å². The van der Waals surface area contributed by atoms with E-state index in [-0.39, 0.29) is 18.8 Å². The van der Waals surface area contributed by atoms with E-state index in [1.54, 1.807) is 13.0 Å². The highest BCUT2D eigenvalue weighted by atomic mass is 16.6. The van der Waals surface area contributed by atoms with Gasteiger partial charge in [0.05, 0.1) is 12.0 Å². The molecule has 218 valence electrons. The van der Waals surface area contributed by atoms with Gasteiger partial charge in [-0.1, -0.05) is 92.8 Å². The third-order valence-electron chi connectivity index (χ3n) is 7.78. The first-order valence-electron chi connectivity index (χ1n) is 14.8. The number of imide groups is 1. The molecule has 2 aromatic carbocycles. The van der Waals surface area contributed by atoms with Crippen molar-refractivity contribution < 1.29 is 29.0 Å². The topological polar surface area (TPSA) is 93.1 Å². The Morgan fingerprint density at radius 1 is 0.878 bits per heavy atom. The first kappa shape index (κ1) is 30.3. The fourth-order valence-electron chi connectivity index (χ4n) is 5.50. The second-order valence-corrected chi connectivity index (χ2v) is 10.8. The first-order valence-corrected chi connectivity index (χ1v) is 14.8. The molecule has 0 spiro atoms. The summed E-state index contributed by atoms with van der Waals surface area (Å²) in [6.07, 6.45) is 11.3. The van der Waals surface area contributed by atoms with Gasteiger partial charge in [-0.2, -0.15) is 0 Å². The van der Waals surface area contributed by atoms with Gasteiger partial charge in [0.1, 0.15) is 11.9 Å². The summed E-state index contributed by atoms with van der Waals surface area (Å²) >= 11 is 0. The largest absolute Gasteiger partial charge is 0.482 e. The quantitative estimate of drug-likeness (QED) is 0.267. The number of ketones is 1. The van der Waals surface area contributed by atoms with Crippen molar-refractivity contribution in [1.29, 1.82) is 0 Å². The molecule has 1 N–H and O–H groups in total. The Morgan fingerprint density at radius 2 is 1.51 bits per heavy atom. The van der Waals surface area contributed by atoms with Crippen LogP contribution in [0, 0.1) is 5.92 Å². The van der Waals surface area contributed by atoms with Crippen LogP contribution in [0.3, 0.4) is 0 Å². The van der Waals surface area contributed by atoms with Gasteiger partial charge in [-0.25, -0.2) is 9.69 Å². The van der Waals surface area contributed by atoms with E-state index < -0.39 is 36.2 Å². The van der Waals surface area contributed by atoms with Gasteiger partial charge in [0.25, 0.3) is 0 Å². The number of hydrogen-bond acceptors (Lipinski definition) is 6. The molecule has 7 nitrogen and oxygen atoms in total. The van der Waals surface area contributed by atoms with Gasteiger partial charge in [0, 0.05) is 6.61 Å². The second kappa shape index (κ2) is 15.3. The van der Waals surface area contributed by atoms with Gasteiger partial charge in [-0.15, -0.1) is 0 Å². The fourth-order valence-corrected chi connectivity index (χ4v) is 5.50. The van der Waals surface area contributed by atoms with Crippen LogP contribution in [0.5, 0.6) is 0 Å². The zero-order valence-corrected chi connectivity index (χ0v) is 23.8. The van der Waals surface area contributed by atoms with Crippen LogP contribution in [0.4, 0.5) is 4.79 Å². The number of amides is 2. The summed E-state index contributed by atoms with van der Waals surface area (Å²) in [4.78, 5) is 41.4. The van der Waals surface area contributed by atoms with E-state index in [1.165, 1.54) is 6.08 Å². The van der Waals surface area contributed by atoms with Crippen LogP contribution in [-0.4, -0.2) is 46.5 Å². The number of aliphatic hydroxyl groups is 1. The number of carbonyl (C=O) groups is 3. The van der Waals surface area contributed by atoms with Crippen molar-refractivity contribution in [1.82, 2.24) is 4.90 Å². The van der Waals surface area contributed by atoms with Gasteiger partial charge in [0.15, 0.2) is 11.9 Å². The molecule has 4 atom stereocenters. The van der Waals surface area contributed by atoms with Crippen LogP contribution in [0.15, 0.2) is 84.7 Å². The lowest BCUT2D eigenvalue weighted by atomic mass is 9.88. The predicted molar refractivity (Wildman–Crippen MR) is 157 cm³/mol. The minimum atomic E-state index is -1.04. The summed E-state index contributed by atoms with van der Waals surface area (Å²) in [6, 6.07) is 18.3. The lowest BCUT2D eigenvalue weighted by Crippen LogP contribution is -2.48. The average Bonchev–Trinajstić information content (AvgIpc) is 3.30. The number of ether oxygens (including phenoxy) is 2. The third-order valence-corrected chi connectivity index (χ3v) is 7.78. The minimum Gasteiger partial charge on any atom is -0.482 e. The van der Waals surface area contributed by atoms with Crippen LogP contribution in [-0.2, 0) is 25.5 Å². The number of benzene rings is 2. The van der Waals surface area contributed by atoms with Crippen molar-refractivity contribution in [3.05, 3.63) is 95.8 Å². The monoisotopic (exact) mass is 559 g/mol. The molecule has 1 saturated heterocycles. The Kier molecular flexibility index (Phi) is 11.3. The van der Waals surface area contributed by atoms with Gasteiger partial charge >= 0.3 is 6.09 Å². The van der Waals surface area contributed by atoms with Crippen molar-refractivity contribution in [2.24, 2.45) is 5.92 Å². The van der Waals surface area contributed by atoms with Crippen molar-refractivity contribution in [2.75, 3.05) is 6.61 Å². The average molecular weight is 560 g/mol. The number of carbonyl (C=O) groups excluding carboxylic acids is 3. The van der Waals surface area contributed by atoms with Gasteiger partial charge in [-0.3, -0.25) is 9.59 Å². The Labute approximate surface area is 242 Å². The van der Waals surface area contributed by atoms with Gasteiger partial charge < -0.3 is 14.6 Å². The van der Waals surface area contributed by atoms with E-state index in [0.717, 1.165) is 67.4 Å². The maximum Gasteiger partial charge on any atom is 0.417 e. The standard InChI is InChI=1S/C34H41NO6/c1-25-31(27-18-12-9-13-19-27)41-34(39)35(25)33(38)29(24-26-16-10-8-11-17-26)32-30(37)22-21-28(40-32)20-14-6-4-2-3-5-7-15-23-36/h8-13,16-22,25,29,31-32,36H,2-7,14-15,23-24H2,1H3/t25-,29-,31-,32-/m0/s1. The fraction of sp³-hybridized carbons (Fsp3) is 0.441. The maximum absolute atomic E-state index is 14.1. The molecule has 0 aromatic heterocycles. The first-order chi connectivity index (χ1) is 20.0. The highest BCUT2D eigenvalue weighted by Crippen LogP contribution is 2.35. The summed E-state index contributed by atoms with van der Waals surface area (Å²) < 4.78 is 11.8. The van der Waals surface area contributed by atoms with Crippen molar-refractivity contribution >= 4 is 17.8 Å². The molecule has 2 amide bonds. The summed E-state index contributed by atoms with van der Waals surface area (Å²) in [5, 5.41) is 8.88. The minimum absolute atomic E-state index is 0.250. The Morgan fingerprint density at radius 3 is 2.20 bits per heavy atom. The van der Waals surface area contributed by atoms with Crippen LogP contribution in [0.2, 0.25) is 0 Å². The summed E-state index contributed by atoms with van der Waals surface area (Å²) in [7, 11) is 0. The molecule has 4 rings (SSSR count). The van der Waals surface area contributed by atoms with E-state index in [4.69, 9.17) is 14.6 Å². The molecular formula is C34H41NO6. The predicted octanol–water partition coefficient (Wildman–Crippen LogP) is 6.48. The second-order valence-electron chi connectivity index (χ2n) is 10.8. The summed E-state index contributed by atoms with van der Waals surface area (Å²) in [5.41, 5.74) is 1.69. The van der Waals surface area contributed by atoms with Crippen molar-refractivity contribution in [2.45, 2.75) is 83.0 Å². The lowest BCUT2D eigenvalue weighted by Gasteiger charge is -2.31. The van der Waals surface area contributed by atoms with E-state index in [2.05, 4.69) is 0 Å². The molecule has 7 heteroatoms. The third kappa shape index (κ3) is 8.17. The van der Waals surface area contributed by atoms with E-state index >= 15 is 0 Å². The Bertz CT molecular complexity index is 1210. The number of rotatable bonds is 14. The molecule has 0 unspecified atom stereocenters. The number of cyclic esters (lactones) is 1. The van der Waals surface area contributed by atoms with Crippen LogP contribution in [0.1, 0.15) is 75.5 Å². The number of unbranched alkanes of at least 4 members (excludes halogenated alkanes) is 7. The van der Waals surface area contributed by atoms with E-state index in [1.807, 2.05) is 66.7 Å². The molecule has 0 aliphatic carbocycles. The maximum atomic E-state index is 14.1. The molecule has 0 bridgehead atoms. The smallest absolute Gasteiger partial charge is 0.417 e. The summed E-state index contributed by atoms with van der Waals surface area (Å²) in [6.45, 7) is 2.05. The molecule has 2 aromatic rings. The molecule has 2 heterocycles. The van der Waals surface area contributed by atoms with Crippen LogP contribution < -0.4 is 0 Å². The zero-order valence-electron chi connectivity index (χ0n) is 23.8. The van der Waals surface area contributed by atoms with Crippen molar-refractivity contribution in [3.63, 3.8) is 0 Å². The molecule has 1 fully saturated rings. The van der Waals surface area contributed by atoms with Crippen molar-refractivity contribution in [3.8, 4) is 0 Å². The number of nitrogens with zero attached hydrogens (tertiary/aromatic N) is 1.